The van der Waals surface area contributed by atoms with Crippen LogP contribution in [0.15, 0.2) is 0 Å². The van der Waals surface area contributed by atoms with Gasteiger partial charge in [-0.25, -0.2) is 0 Å². The van der Waals surface area contributed by atoms with Crippen molar-refractivity contribution in [3.8, 4) is 0 Å². The van der Waals surface area contributed by atoms with E-state index >= 15 is 0 Å². The summed E-state index contributed by atoms with van der Waals surface area (Å²) in [7, 11) is 0. The molecule has 0 amide bonds. The molecule has 0 aromatic carbocycles. The van der Waals surface area contributed by atoms with Crippen molar-refractivity contribution in [3.05, 3.63) is 0 Å². The minimum Gasteiger partial charge on any atom is -0.389 e. The van der Waals surface area contributed by atoms with Crippen molar-refractivity contribution in [1.29, 1.82) is 0 Å². The number of nitrogens with one attached hydrogen (secondary N) is 1. The van der Waals surface area contributed by atoms with Gasteiger partial charge in [-0.2, -0.15) is 0 Å². The number of hydrogen-bond donors (Lipinski definition) is 2. The highest BCUT2D eigenvalue weighted by molar-refractivity contribution is 4.89. The second-order valence-electron chi connectivity index (χ2n) is 6.27. The largest absolute Gasteiger partial charge is 0.389 e. The Bertz CT molecular complexity index is 233. The third-order valence-corrected chi connectivity index (χ3v) is 5.04. The van der Waals surface area contributed by atoms with Gasteiger partial charge in [-0.1, -0.05) is 26.7 Å². The first-order valence-corrected chi connectivity index (χ1v) is 7.62. The van der Waals surface area contributed by atoms with Crippen LogP contribution in [0.2, 0.25) is 0 Å². The average molecular weight is 239 g/mol. The first-order chi connectivity index (χ1) is 8.17. The van der Waals surface area contributed by atoms with E-state index in [0.29, 0.717) is 6.04 Å². The van der Waals surface area contributed by atoms with Gasteiger partial charge in [-0.3, -0.25) is 0 Å². The molecule has 2 unspecified atom stereocenters. The molecule has 0 aliphatic heterocycles. The van der Waals surface area contributed by atoms with E-state index in [0.717, 1.165) is 31.2 Å². The maximum absolute atomic E-state index is 10.3. The lowest BCUT2D eigenvalue weighted by molar-refractivity contribution is 0.0274. The Labute approximate surface area is 106 Å². The molecule has 2 nitrogen and oxygen atoms in total. The molecule has 2 aliphatic carbocycles. The van der Waals surface area contributed by atoms with Crippen molar-refractivity contribution in [1.82, 2.24) is 5.32 Å². The van der Waals surface area contributed by atoms with Gasteiger partial charge in [0.1, 0.15) is 0 Å². The fourth-order valence-electron chi connectivity index (χ4n) is 3.24. The number of aliphatic hydroxyl groups is 1. The molecule has 17 heavy (non-hydrogen) atoms. The summed E-state index contributed by atoms with van der Waals surface area (Å²) in [5, 5.41) is 13.9. The molecule has 2 N–H and O–H groups in total. The van der Waals surface area contributed by atoms with Crippen LogP contribution in [-0.2, 0) is 0 Å². The maximum atomic E-state index is 10.3. The summed E-state index contributed by atoms with van der Waals surface area (Å²) in [5.74, 6) is 2.04. The highest BCUT2D eigenvalue weighted by atomic mass is 16.3. The lowest BCUT2D eigenvalue weighted by Crippen LogP contribution is -2.45. The molecule has 2 heteroatoms. The minimum atomic E-state index is -0.480. The molecule has 2 aliphatic rings. The van der Waals surface area contributed by atoms with Crippen molar-refractivity contribution in [2.24, 2.45) is 11.8 Å². The van der Waals surface area contributed by atoms with E-state index in [4.69, 9.17) is 0 Å². The van der Waals surface area contributed by atoms with Crippen LogP contribution in [0.25, 0.3) is 0 Å². The van der Waals surface area contributed by atoms with Crippen LogP contribution in [0, 0.1) is 11.8 Å². The summed E-state index contributed by atoms with van der Waals surface area (Å²) >= 11 is 0. The van der Waals surface area contributed by atoms with Gasteiger partial charge in [-0.15, -0.1) is 0 Å². The first-order valence-electron chi connectivity index (χ1n) is 7.62. The van der Waals surface area contributed by atoms with Crippen LogP contribution >= 0.6 is 0 Å². The lowest BCUT2D eigenvalue weighted by Gasteiger charge is -2.33. The van der Waals surface area contributed by atoms with Crippen molar-refractivity contribution in [2.45, 2.75) is 76.9 Å². The zero-order valence-corrected chi connectivity index (χ0v) is 11.5. The third kappa shape index (κ3) is 3.69. The van der Waals surface area contributed by atoms with Gasteiger partial charge in [0.2, 0.25) is 0 Å². The molecule has 100 valence electrons. The second kappa shape index (κ2) is 5.71. The summed E-state index contributed by atoms with van der Waals surface area (Å²) in [5.41, 5.74) is -0.480. The van der Waals surface area contributed by atoms with Crippen molar-refractivity contribution in [3.63, 3.8) is 0 Å². The monoisotopic (exact) mass is 239 g/mol. The Balaban J connectivity index is 1.74. The summed E-state index contributed by atoms with van der Waals surface area (Å²) in [6.45, 7) is 4.94. The normalized spacial score (nSPS) is 30.5. The summed E-state index contributed by atoms with van der Waals surface area (Å²) in [6, 6.07) is 0.666. The molecule has 0 aromatic heterocycles. The molecular formula is C15H29NO. The first kappa shape index (κ1) is 13.4. The van der Waals surface area contributed by atoms with Crippen LogP contribution < -0.4 is 5.32 Å². The predicted molar refractivity (Wildman–Crippen MR) is 72.0 cm³/mol. The molecule has 2 rings (SSSR count). The Kier molecular flexibility index (Phi) is 4.48. The molecular weight excluding hydrogens is 210 g/mol. The number of hydrogen-bond acceptors (Lipinski definition) is 2. The minimum absolute atomic E-state index is 0.480. The summed E-state index contributed by atoms with van der Waals surface area (Å²) < 4.78 is 0. The molecule has 0 heterocycles. The van der Waals surface area contributed by atoms with E-state index in [1.54, 1.807) is 0 Å². The standard InChI is InChI=1S/C15H29NO/c1-3-15(17,4-2)11-16-14-7-5-6-13(10-14)12-8-9-12/h12-14,16-17H,3-11H2,1-2H3. The Morgan fingerprint density at radius 3 is 2.35 bits per heavy atom. The fourth-order valence-corrected chi connectivity index (χ4v) is 3.24. The van der Waals surface area contributed by atoms with E-state index in [1.165, 1.54) is 38.5 Å². The smallest absolute Gasteiger partial charge is 0.0766 e. The number of rotatable bonds is 6. The Hall–Kier alpha value is -0.0800. The summed E-state index contributed by atoms with van der Waals surface area (Å²) in [4.78, 5) is 0. The Morgan fingerprint density at radius 1 is 1.06 bits per heavy atom. The van der Waals surface area contributed by atoms with Crippen LogP contribution in [0.1, 0.15) is 65.2 Å². The van der Waals surface area contributed by atoms with Gasteiger partial charge in [0.05, 0.1) is 5.60 Å². The molecule has 0 bridgehead atoms. The highest BCUT2D eigenvalue weighted by Crippen LogP contribution is 2.43. The van der Waals surface area contributed by atoms with Crippen molar-refractivity contribution >= 4 is 0 Å². The van der Waals surface area contributed by atoms with E-state index < -0.39 is 5.60 Å². The quantitative estimate of drug-likeness (QED) is 0.746. The van der Waals surface area contributed by atoms with Crippen LogP contribution in [0.3, 0.4) is 0 Å². The molecule has 0 saturated heterocycles. The molecule has 2 fully saturated rings. The zero-order chi connectivity index (χ0) is 12.3. The van der Waals surface area contributed by atoms with Gasteiger partial charge < -0.3 is 10.4 Å². The molecule has 0 aromatic rings. The Morgan fingerprint density at radius 2 is 1.76 bits per heavy atom. The lowest BCUT2D eigenvalue weighted by atomic mass is 9.82. The van der Waals surface area contributed by atoms with Crippen LogP contribution in [0.5, 0.6) is 0 Å². The average Bonchev–Trinajstić information content (AvgIpc) is 3.21. The van der Waals surface area contributed by atoms with Gasteiger partial charge in [0, 0.05) is 12.6 Å². The van der Waals surface area contributed by atoms with E-state index in [-0.39, 0.29) is 0 Å². The molecule has 0 radical (unpaired) electrons. The van der Waals surface area contributed by atoms with E-state index in [2.05, 4.69) is 19.2 Å². The molecule has 2 saturated carbocycles. The topological polar surface area (TPSA) is 32.3 Å². The van der Waals surface area contributed by atoms with Crippen molar-refractivity contribution in [2.75, 3.05) is 6.54 Å². The van der Waals surface area contributed by atoms with Gasteiger partial charge in [0.15, 0.2) is 0 Å². The zero-order valence-electron chi connectivity index (χ0n) is 11.5. The fraction of sp³-hybridized carbons (Fsp3) is 1.00. The van der Waals surface area contributed by atoms with Gasteiger partial charge >= 0.3 is 0 Å². The van der Waals surface area contributed by atoms with E-state index in [9.17, 15) is 5.11 Å². The van der Waals surface area contributed by atoms with Gasteiger partial charge in [-0.05, 0) is 50.4 Å². The maximum Gasteiger partial charge on any atom is 0.0766 e. The second-order valence-corrected chi connectivity index (χ2v) is 6.27. The molecule has 0 spiro atoms. The van der Waals surface area contributed by atoms with Gasteiger partial charge in [0.25, 0.3) is 0 Å². The highest BCUT2D eigenvalue weighted by Gasteiger charge is 2.35. The molecule has 2 atom stereocenters. The van der Waals surface area contributed by atoms with Crippen LogP contribution in [0.4, 0.5) is 0 Å². The van der Waals surface area contributed by atoms with Crippen molar-refractivity contribution < 1.29 is 5.11 Å². The predicted octanol–water partition coefficient (Wildman–Crippen LogP) is 3.10. The third-order valence-electron chi connectivity index (χ3n) is 5.04. The summed E-state index contributed by atoms with van der Waals surface area (Å²) in [6.07, 6.45) is 10.2. The van der Waals surface area contributed by atoms with Crippen LogP contribution in [-0.4, -0.2) is 23.3 Å². The van der Waals surface area contributed by atoms with E-state index in [1.807, 2.05) is 0 Å². The SMILES string of the molecule is CCC(O)(CC)CNC1CCCC(C2CC2)C1.